The number of hydrogen-bond donors (Lipinski definition) is 0. The Hall–Kier alpha value is -1.62. The number of para-hydroxylation sites is 1. The highest BCUT2D eigenvalue weighted by atomic mass is 35.5. The lowest BCUT2D eigenvalue weighted by molar-refractivity contribution is -0.119. The van der Waals surface area contributed by atoms with E-state index in [1.165, 1.54) is 11.3 Å². The van der Waals surface area contributed by atoms with E-state index in [-0.39, 0.29) is 10.6 Å². The molecule has 1 aromatic carbocycles. The van der Waals surface area contributed by atoms with E-state index in [1.54, 1.807) is 36.4 Å². The summed E-state index contributed by atoms with van der Waals surface area (Å²) in [6.07, 6.45) is 0. The van der Waals surface area contributed by atoms with Crippen LogP contribution in [0.3, 0.4) is 0 Å². The molecular formula is C14H7Cl2NO2S. The van der Waals surface area contributed by atoms with E-state index in [1.807, 2.05) is 5.38 Å². The minimum Gasteiger partial charge on any atom is -0.268 e. The second-order valence-electron chi connectivity index (χ2n) is 4.06. The highest BCUT2D eigenvalue weighted by Crippen LogP contribution is 2.38. The predicted octanol–water partition coefficient (Wildman–Crippen LogP) is 3.92. The first-order chi connectivity index (χ1) is 9.61. The first-order valence-corrected chi connectivity index (χ1v) is 7.32. The number of carbonyl (C=O) groups is 2. The minimum atomic E-state index is -0.548. The lowest BCUT2D eigenvalue weighted by Crippen LogP contribution is -2.31. The van der Waals surface area contributed by atoms with Crippen molar-refractivity contribution in [2.24, 2.45) is 0 Å². The summed E-state index contributed by atoms with van der Waals surface area (Å²) in [4.78, 5) is 26.4. The Morgan fingerprint density at radius 3 is 2.35 bits per heavy atom. The lowest BCUT2D eigenvalue weighted by atomic mass is 10.2. The van der Waals surface area contributed by atoms with Crippen molar-refractivity contribution < 1.29 is 9.59 Å². The van der Waals surface area contributed by atoms with Crippen LogP contribution >= 0.6 is 34.5 Å². The molecule has 0 aliphatic carbocycles. The van der Waals surface area contributed by atoms with Gasteiger partial charge >= 0.3 is 0 Å². The molecule has 2 amide bonds. The van der Waals surface area contributed by atoms with E-state index in [2.05, 4.69) is 0 Å². The summed E-state index contributed by atoms with van der Waals surface area (Å²) >= 11 is 13.4. The quantitative estimate of drug-likeness (QED) is 0.785. The van der Waals surface area contributed by atoms with Gasteiger partial charge in [-0.15, -0.1) is 11.3 Å². The van der Waals surface area contributed by atoms with Crippen LogP contribution < -0.4 is 4.90 Å². The minimum absolute atomic E-state index is 0.0719. The van der Waals surface area contributed by atoms with Gasteiger partial charge in [0.05, 0.1) is 16.3 Å². The highest BCUT2D eigenvalue weighted by molar-refractivity contribution is 7.11. The monoisotopic (exact) mass is 323 g/mol. The number of hydrogen-bond acceptors (Lipinski definition) is 3. The second kappa shape index (κ2) is 5.05. The summed E-state index contributed by atoms with van der Waals surface area (Å²) in [5.74, 6) is -0.997. The largest absolute Gasteiger partial charge is 0.277 e. The van der Waals surface area contributed by atoms with Crippen LogP contribution in [0.4, 0.5) is 5.69 Å². The van der Waals surface area contributed by atoms with Gasteiger partial charge in [0.1, 0.15) is 5.03 Å². The van der Waals surface area contributed by atoms with Crippen molar-refractivity contribution in [3.63, 3.8) is 0 Å². The molecule has 1 aromatic heterocycles. The van der Waals surface area contributed by atoms with Crippen LogP contribution in [0.25, 0.3) is 5.57 Å². The zero-order valence-corrected chi connectivity index (χ0v) is 12.3. The van der Waals surface area contributed by atoms with Crippen molar-refractivity contribution >= 4 is 57.6 Å². The number of rotatable bonds is 2. The van der Waals surface area contributed by atoms with E-state index in [4.69, 9.17) is 23.2 Å². The first kappa shape index (κ1) is 13.4. The van der Waals surface area contributed by atoms with Gasteiger partial charge in [0.25, 0.3) is 11.8 Å². The molecule has 1 aliphatic heterocycles. The van der Waals surface area contributed by atoms with E-state index in [0.29, 0.717) is 15.6 Å². The van der Waals surface area contributed by atoms with Crippen LogP contribution in [-0.4, -0.2) is 11.8 Å². The number of thiophene rings is 1. The van der Waals surface area contributed by atoms with E-state index in [9.17, 15) is 9.59 Å². The zero-order valence-electron chi connectivity index (χ0n) is 9.97. The summed E-state index contributed by atoms with van der Waals surface area (Å²) in [6, 6.07) is 10.2. The number of halogens is 2. The molecule has 0 unspecified atom stereocenters. The maximum absolute atomic E-state index is 12.5. The number of anilines is 1. The number of benzene rings is 1. The molecule has 3 rings (SSSR count). The lowest BCUT2D eigenvalue weighted by Gasteiger charge is -2.15. The molecule has 1 aliphatic rings. The highest BCUT2D eigenvalue weighted by Gasteiger charge is 2.40. The van der Waals surface area contributed by atoms with Crippen LogP contribution in [0.15, 0.2) is 46.8 Å². The van der Waals surface area contributed by atoms with E-state index in [0.717, 1.165) is 4.90 Å². The van der Waals surface area contributed by atoms with Gasteiger partial charge in [-0.05, 0) is 23.6 Å². The van der Waals surface area contributed by atoms with Gasteiger partial charge in [-0.2, -0.15) is 0 Å². The summed E-state index contributed by atoms with van der Waals surface area (Å²) < 4.78 is 0. The van der Waals surface area contributed by atoms with Crippen molar-refractivity contribution in [3.8, 4) is 0 Å². The molecule has 0 saturated carbocycles. The molecule has 0 bridgehead atoms. The molecule has 2 aromatic rings. The van der Waals surface area contributed by atoms with Crippen molar-refractivity contribution in [2.45, 2.75) is 0 Å². The maximum Gasteiger partial charge on any atom is 0.277 e. The Balaban J connectivity index is 2.10. The van der Waals surface area contributed by atoms with Gasteiger partial charge in [0, 0.05) is 4.88 Å². The van der Waals surface area contributed by atoms with Crippen LogP contribution in [0.5, 0.6) is 0 Å². The number of carbonyl (C=O) groups excluding carboxylic acids is 2. The molecular weight excluding hydrogens is 317 g/mol. The molecule has 0 spiro atoms. The third-order valence-electron chi connectivity index (χ3n) is 2.89. The summed E-state index contributed by atoms with van der Waals surface area (Å²) in [5, 5.41) is 2.08. The zero-order chi connectivity index (χ0) is 14.3. The Kier molecular flexibility index (Phi) is 3.38. The smallest absolute Gasteiger partial charge is 0.268 e. The summed E-state index contributed by atoms with van der Waals surface area (Å²) in [5.41, 5.74) is 0.570. The van der Waals surface area contributed by atoms with Gasteiger partial charge in [-0.1, -0.05) is 41.4 Å². The predicted molar refractivity (Wildman–Crippen MR) is 81.0 cm³/mol. The Morgan fingerprint density at radius 2 is 1.70 bits per heavy atom. The van der Waals surface area contributed by atoms with Crippen molar-refractivity contribution in [3.05, 3.63) is 56.7 Å². The number of amides is 2. The van der Waals surface area contributed by atoms with E-state index >= 15 is 0 Å². The Morgan fingerprint density at radius 1 is 0.950 bits per heavy atom. The fourth-order valence-corrected chi connectivity index (χ4v) is 3.30. The Labute approximate surface area is 129 Å². The molecule has 0 N–H and O–H groups in total. The van der Waals surface area contributed by atoms with Gasteiger partial charge < -0.3 is 0 Å². The van der Waals surface area contributed by atoms with Gasteiger partial charge in [0.2, 0.25) is 0 Å². The fraction of sp³-hybridized carbons (Fsp3) is 0. The summed E-state index contributed by atoms with van der Waals surface area (Å²) in [6.45, 7) is 0. The van der Waals surface area contributed by atoms with Crippen molar-refractivity contribution in [1.29, 1.82) is 0 Å². The van der Waals surface area contributed by atoms with Gasteiger partial charge in [-0.3, -0.25) is 9.59 Å². The third kappa shape index (κ3) is 1.97. The SMILES string of the molecule is O=C1C(Cl)=C(c2cccs2)C(=O)N1c1ccccc1Cl. The molecule has 0 atom stereocenters. The topological polar surface area (TPSA) is 37.4 Å². The average Bonchev–Trinajstić information content (AvgIpc) is 3.01. The third-order valence-corrected chi connectivity index (χ3v) is 4.45. The van der Waals surface area contributed by atoms with Crippen LogP contribution in [-0.2, 0) is 9.59 Å². The van der Waals surface area contributed by atoms with Crippen LogP contribution in [0.2, 0.25) is 5.02 Å². The molecule has 0 saturated heterocycles. The van der Waals surface area contributed by atoms with Crippen LogP contribution in [0.1, 0.15) is 4.88 Å². The summed E-state index contributed by atoms with van der Waals surface area (Å²) in [7, 11) is 0. The van der Waals surface area contributed by atoms with Crippen molar-refractivity contribution in [1.82, 2.24) is 0 Å². The van der Waals surface area contributed by atoms with Crippen LogP contribution in [0, 0.1) is 0 Å². The van der Waals surface area contributed by atoms with E-state index < -0.39 is 11.8 Å². The standard InChI is InChI=1S/C14H7Cl2NO2S/c15-8-4-1-2-5-9(8)17-13(18)11(12(16)14(17)19)10-6-3-7-20-10/h1-7H. The number of imide groups is 1. The fourth-order valence-electron chi connectivity index (χ4n) is 1.99. The molecule has 20 heavy (non-hydrogen) atoms. The molecule has 0 fully saturated rings. The molecule has 6 heteroatoms. The van der Waals surface area contributed by atoms with Gasteiger partial charge in [-0.25, -0.2) is 4.90 Å². The normalized spacial score (nSPS) is 15.4. The molecule has 0 radical (unpaired) electrons. The maximum atomic E-state index is 12.5. The molecule has 100 valence electrons. The number of nitrogens with zero attached hydrogens (tertiary/aromatic N) is 1. The Bertz CT molecular complexity index is 737. The van der Waals surface area contributed by atoms with Gasteiger partial charge in [0.15, 0.2) is 0 Å². The molecule has 2 heterocycles. The van der Waals surface area contributed by atoms with Crippen molar-refractivity contribution in [2.75, 3.05) is 4.90 Å². The first-order valence-electron chi connectivity index (χ1n) is 5.68. The molecule has 3 nitrogen and oxygen atoms in total. The average molecular weight is 324 g/mol. The second-order valence-corrected chi connectivity index (χ2v) is 5.80.